The number of nitrogens with one attached hydrogen (secondary N) is 2. The van der Waals surface area contributed by atoms with Crippen molar-refractivity contribution in [3.8, 4) is 0 Å². The largest absolute Gasteiger partial charge is 0.351 e. The summed E-state index contributed by atoms with van der Waals surface area (Å²) >= 11 is 12.1. The van der Waals surface area contributed by atoms with Gasteiger partial charge in [0.1, 0.15) is 0 Å². The highest BCUT2D eigenvalue weighted by atomic mass is 35.5. The van der Waals surface area contributed by atoms with Crippen molar-refractivity contribution in [3.05, 3.63) is 58.1 Å². The van der Waals surface area contributed by atoms with Crippen LogP contribution in [0.3, 0.4) is 0 Å². The quantitative estimate of drug-likeness (QED) is 0.795. The Hall–Kier alpha value is -2.24. The maximum absolute atomic E-state index is 12.0. The highest BCUT2D eigenvalue weighted by Gasteiger charge is 2.11. The van der Waals surface area contributed by atoms with E-state index in [1.807, 2.05) is 0 Å². The zero-order valence-corrected chi connectivity index (χ0v) is 12.9. The fourth-order valence-corrected chi connectivity index (χ4v) is 2.38. The third-order valence-corrected chi connectivity index (χ3v) is 3.54. The van der Waals surface area contributed by atoms with Crippen molar-refractivity contribution in [3.63, 3.8) is 0 Å². The molecule has 0 fully saturated rings. The third-order valence-electron chi connectivity index (χ3n) is 2.84. The Morgan fingerprint density at radius 3 is 1.91 bits per heavy atom. The minimum absolute atomic E-state index is 0.0692. The van der Waals surface area contributed by atoms with Gasteiger partial charge in [0.25, 0.3) is 0 Å². The zero-order chi connectivity index (χ0) is 16.1. The molecule has 0 atom stereocenters. The summed E-state index contributed by atoms with van der Waals surface area (Å²) < 4.78 is 0. The summed E-state index contributed by atoms with van der Waals surface area (Å²) in [6.07, 6.45) is 0.0692. The van der Waals surface area contributed by atoms with E-state index < -0.39 is 6.03 Å². The van der Waals surface area contributed by atoms with Crippen LogP contribution in [0.1, 0.15) is 5.56 Å². The molecule has 2 aromatic carbocycles. The summed E-state index contributed by atoms with van der Waals surface area (Å²) in [7, 11) is 0. The number of carbonyl (C=O) groups is 2. The number of amides is 3. The molecule has 4 N–H and O–H groups in total. The second-order valence-corrected chi connectivity index (χ2v) is 5.31. The number of benzene rings is 2. The molecular weight excluding hydrogens is 325 g/mol. The van der Waals surface area contributed by atoms with Gasteiger partial charge in [-0.1, -0.05) is 29.3 Å². The van der Waals surface area contributed by atoms with E-state index in [-0.39, 0.29) is 12.3 Å². The Morgan fingerprint density at radius 1 is 0.909 bits per heavy atom. The van der Waals surface area contributed by atoms with Crippen LogP contribution in [0.15, 0.2) is 42.5 Å². The lowest BCUT2D eigenvalue weighted by Gasteiger charge is -2.09. The van der Waals surface area contributed by atoms with E-state index in [1.165, 1.54) is 0 Å². The minimum Gasteiger partial charge on any atom is -0.351 e. The molecule has 0 aliphatic heterocycles. The topological polar surface area (TPSA) is 84.2 Å². The van der Waals surface area contributed by atoms with Crippen LogP contribution in [0.25, 0.3) is 0 Å². The molecule has 0 unspecified atom stereocenters. The van der Waals surface area contributed by atoms with E-state index >= 15 is 0 Å². The second-order valence-electron chi connectivity index (χ2n) is 4.49. The monoisotopic (exact) mass is 337 g/mol. The summed E-state index contributed by atoms with van der Waals surface area (Å²) in [6, 6.07) is 11.0. The number of carbonyl (C=O) groups excluding carboxylic acids is 2. The molecule has 0 aliphatic rings. The molecule has 2 aromatic rings. The van der Waals surface area contributed by atoms with E-state index in [1.54, 1.807) is 42.5 Å². The number of hydrogen-bond donors (Lipinski definition) is 3. The Labute approximate surface area is 137 Å². The summed E-state index contributed by atoms with van der Waals surface area (Å²) in [5.74, 6) is -0.245. The van der Waals surface area contributed by atoms with Crippen molar-refractivity contribution in [1.29, 1.82) is 0 Å². The zero-order valence-electron chi connectivity index (χ0n) is 11.4. The van der Waals surface area contributed by atoms with Crippen molar-refractivity contribution in [1.82, 2.24) is 0 Å². The normalized spacial score (nSPS) is 10.1. The highest BCUT2D eigenvalue weighted by Crippen LogP contribution is 2.25. The molecule has 0 aromatic heterocycles. The van der Waals surface area contributed by atoms with Crippen molar-refractivity contribution < 1.29 is 9.59 Å². The Morgan fingerprint density at radius 2 is 1.41 bits per heavy atom. The highest BCUT2D eigenvalue weighted by molar-refractivity contribution is 6.36. The second kappa shape index (κ2) is 7.15. The lowest BCUT2D eigenvalue weighted by atomic mass is 10.1. The molecule has 114 valence electrons. The number of hydrogen-bond acceptors (Lipinski definition) is 2. The Balaban J connectivity index is 2.01. The summed E-state index contributed by atoms with van der Waals surface area (Å²) in [5.41, 5.74) is 6.72. The first-order chi connectivity index (χ1) is 10.5. The maximum atomic E-state index is 12.0. The van der Waals surface area contributed by atoms with E-state index in [4.69, 9.17) is 28.9 Å². The van der Waals surface area contributed by atoms with Gasteiger partial charge in [-0.3, -0.25) is 4.79 Å². The number of halogens is 2. The van der Waals surface area contributed by atoms with Gasteiger partial charge >= 0.3 is 6.03 Å². The van der Waals surface area contributed by atoms with Gasteiger partial charge in [0.15, 0.2) is 0 Å². The molecule has 3 amide bonds. The van der Waals surface area contributed by atoms with Crippen LogP contribution in [0, 0.1) is 0 Å². The van der Waals surface area contributed by atoms with Gasteiger partial charge < -0.3 is 16.4 Å². The number of rotatable bonds is 4. The van der Waals surface area contributed by atoms with Gasteiger partial charge in [0.05, 0.1) is 6.42 Å². The summed E-state index contributed by atoms with van der Waals surface area (Å²) in [4.78, 5) is 22.7. The third kappa shape index (κ3) is 4.38. The van der Waals surface area contributed by atoms with E-state index in [0.717, 1.165) is 0 Å². The molecule has 5 nitrogen and oxygen atoms in total. The predicted octanol–water partition coefficient (Wildman–Crippen LogP) is 3.67. The van der Waals surface area contributed by atoms with Crippen LogP contribution >= 0.6 is 23.2 Å². The van der Waals surface area contributed by atoms with Crippen molar-refractivity contribution >= 4 is 46.5 Å². The van der Waals surface area contributed by atoms with Crippen LogP contribution in [-0.4, -0.2) is 11.9 Å². The minimum atomic E-state index is -0.648. The van der Waals surface area contributed by atoms with Crippen molar-refractivity contribution in [2.45, 2.75) is 6.42 Å². The molecular formula is C15H13Cl2N3O2. The molecule has 0 saturated carbocycles. The molecule has 7 heteroatoms. The van der Waals surface area contributed by atoms with Gasteiger partial charge in [-0.25, -0.2) is 4.79 Å². The van der Waals surface area contributed by atoms with Crippen LogP contribution < -0.4 is 16.4 Å². The van der Waals surface area contributed by atoms with E-state index in [9.17, 15) is 9.59 Å². The number of anilines is 2. The van der Waals surface area contributed by atoms with Crippen LogP contribution in [-0.2, 0) is 11.2 Å². The standard InChI is InChI=1S/C15H13Cl2N3O2/c16-12-2-1-3-13(17)11(12)8-14(21)19-9-4-6-10(7-5-9)20-15(18)22/h1-7H,8H2,(H,19,21)(H3,18,20,22). The lowest BCUT2D eigenvalue weighted by molar-refractivity contribution is -0.115. The number of nitrogens with two attached hydrogens (primary N) is 1. The molecule has 0 saturated heterocycles. The molecule has 0 spiro atoms. The van der Waals surface area contributed by atoms with Gasteiger partial charge in [-0.05, 0) is 42.0 Å². The number of primary amides is 1. The SMILES string of the molecule is NC(=O)Nc1ccc(NC(=O)Cc2c(Cl)cccc2Cl)cc1. The Kier molecular flexibility index (Phi) is 5.25. The van der Waals surface area contributed by atoms with Crippen LogP contribution in [0.2, 0.25) is 10.0 Å². The summed E-state index contributed by atoms with van der Waals surface area (Å²) in [5, 5.41) is 6.05. The molecule has 22 heavy (non-hydrogen) atoms. The maximum Gasteiger partial charge on any atom is 0.316 e. The lowest BCUT2D eigenvalue weighted by Crippen LogP contribution is -2.19. The predicted molar refractivity (Wildman–Crippen MR) is 88.4 cm³/mol. The van der Waals surface area contributed by atoms with Crippen LogP contribution in [0.5, 0.6) is 0 Å². The first kappa shape index (κ1) is 16.1. The average molecular weight is 338 g/mol. The van der Waals surface area contributed by atoms with Crippen molar-refractivity contribution in [2.75, 3.05) is 10.6 Å². The van der Waals surface area contributed by atoms with E-state index in [0.29, 0.717) is 27.0 Å². The van der Waals surface area contributed by atoms with Gasteiger partial charge in [0, 0.05) is 21.4 Å². The average Bonchev–Trinajstić information content (AvgIpc) is 2.45. The van der Waals surface area contributed by atoms with E-state index in [2.05, 4.69) is 10.6 Å². The Bertz CT molecular complexity index is 682. The molecule has 0 radical (unpaired) electrons. The number of urea groups is 1. The molecule has 0 heterocycles. The first-order valence-electron chi connectivity index (χ1n) is 6.35. The molecule has 0 aliphatic carbocycles. The molecule has 0 bridgehead atoms. The van der Waals surface area contributed by atoms with Crippen LogP contribution in [0.4, 0.5) is 16.2 Å². The summed E-state index contributed by atoms with van der Waals surface area (Å²) in [6.45, 7) is 0. The van der Waals surface area contributed by atoms with Gasteiger partial charge in [-0.15, -0.1) is 0 Å². The first-order valence-corrected chi connectivity index (χ1v) is 7.10. The van der Waals surface area contributed by atoms with Gasteiger partial charge in [0.2, 0.25) is 5.91 Å². The van der Waals surface area contributed by atoms with Gasteiger partial charge in [-0.2, -0.15) is 0 Å². The smallest absolute Gasteiger partial charge is 0.316 e. The fourth-order valence-electron chi connectivity index (χ4n) is 1.85. The fraction of sp³-hybridized carbons (Fsp3) is 0.0667. The van der Waals surface area contributed by atoms with Crippen molar-refractivity contribution in [2.24, 2.45) is 5.73 Å². The molecule has 2 rings (SSSR count).